The molecule has 0 bridgehead atoms. The summed E-state index contributed by atoms with van der Waals surface area (Å²) in [5.74, 6) is 0.910. The van der Waals surface area contributed by atoms with E-state index in [1.807, 2.05) is 25.1 Å². The van der Waals surface area contributed by atoms with Crippen LogP contribution in [0.4, 0.5) is 0 Å². The Morgan fingerprint density at radius 1 is 1.39 bits per heavy atom. The molecule has 0 radical (unpaired) electrons. The number of ether oxygens (including phenoxy) is 2. The minimum absolute atomic E-state index is 0.134. The second-order valence-corrected chi connectivity index (χ2v) is 4.60. The molecule has 0 saturated carbocycles. The summed E-state index contributed by atoms with van der Waals surface area (Å²) in [5, 5.41) is 3.21. The lowest BCUT2D eigenvalue weighted by Gasteiger charge is -2.12. The van der Waals surface area contributed by atoms with E-state index in [-0.39, 0.29) is 17.9 Å². The maximum absolute atomic E-state index is 12.4. The summed E-state index contributed by atoms with van der Waals surface area (Å²) in [6, 6.07) is 5.40. The van der Waals surface area contributed by atoms with Crippen molar-refractivity contribution in [1.82, 2.24) is 5.32 Å². The molecule has 1 aromatic carbocycles. The van der Waals surface area contributed by atoms with Crippen molar-refractivity contribution < 1.29 is 14.3 Å². The maximum atomic E-state index is 12.4. The van der Waals surface area contributed by atoms with E-state index in [9.17, 15) is 4.79 Å². The van der Waals surface area contributed by atoms with Crippen LogP contribution >= 0.6 is 0 Å². The lowest BCUT2D eigenvalue weighted by molar-refractivity contribution is 0.0918. The minimum atomic E-state index is -0.137. The van der Waals surface area contributed by atoms with E-state index in [0.717, 1.165) is 29.8 Å². The van der Waals surface area contributed by atoms with Crippen molar-refractivity contribution in [3.63, 3.8) is 0 Å². The van der Waals surface area contributed by atoms with Crippen molar-refractivity contribution in [2.45, 2.75) is 25.5 Å². The number of benzene rings is 1. The molecule has 98 valence electrons. The molecule has 1 aliphatic rings. The third-order valence-corrected chi connectivity index (χ3v) is 3.44. The van der Waals surface area contributed by atoms with Crippen molar-refractivity contribution in [2.75, 3.05) is 20.8 Å². The molecule has 0 spiro atoms. The van der Waals surface area contributed by atoms with Gasteiger partial charge < -0.3 is 14.8 Å². The monoisotopic (exact) mass is 249 g/mol. The van der Waals surface area contributed by atoms with Gasteiger partial charge in [0.1, 0.15) is 5.75 Å². The zero-order valence-electron chi connectivity index (χ0n) is 11.0. The first-order chi connectivity index (χ1) is 8.65. The molecule has 2 rings (SSSR count). The molecule has 1 aliphatic heterocycles. The van der Waals surface area contributed by atoms with E-state index < -0.39 is 0 Å². The fourth-order valence-electron chi connectivity index (χ4n) is 2.31. The fraction of sp³-hybridized carbons (Fsp3) is 0.500. The lowest BCUT2D eigenvalue weighted by atomic mass is 9.98. The van der Waals surface area contributed by atoms with Gasteiger partial charge in [0.05, 0.1) is 19.3 Å². The molecular weight excluding hydrogens is 230 g/mol. The molecule has 2 unspecified atom stereocenters. The van der Waals surface area contributed by atoms with Gasteiger partial charge in [-0.25, -0.2) is 0 Å². The summed E-state index contributed by atoms with van der Waals surface area (Å²) in [6.45, 7) is 2.67. The first-order valence-electron chi connectivity index (χ1n) is 6.10. The molecule has 1 fully saturated rings. The Balaban J connectivity index is 2.14. The third-order valence-electron chi connectivity index (χ3n) is 3.44. The van der Waals surface area contributed by atoms with Crippen molar-refractivity contribution >= 4 is 5.78 Å². The van der Waals surface area contributed by atoms with Crippen molar-refractivity contribution in [1.29, 1.82) is 0 Å². The van der Waals surface area contributed by atoms with Crippen LogP contribution in [0.25, 0.3) is 0 Å². The Labute approximate surface area is 107 Å². The number of nitrogens with one attached hydrogen (secondary N) is 1. The number of carbonyl (C=O) groups excluding carboxylic acids is 1. The first-order valence-corrected chi connectivity index (χ1v) is 6.10. The molecule has 1 aromatic rings. The zero-order valence-corrected chi connectivity index (χ0v) is 11.0. The summed E-state index contributed by atoms with van der Waals surface area (Å²) >= 11 is 0. The number of aryl methyl sites for hydroxylation is 1. The van der Waals surface area contributed by atoms with Gasteiger partial charge in [-0.2, -0.15) is 0 Å². The summed E-state index contributed by atoms with van der Waals surface area (Å²) in [6.07, 6.45) is 0.873. The molecule has 0 amide bonds. The second kappa shape index (κ2) is 5.50. The van der Waals surface area contributed by atoms with Gasteiger partial charge in [-0.15, -0.1) is 0 Å². The molecule has 1 heterocycles. The number of methoxy groups -OCH3 is 2. The van der Waals surface area contributed by atoms with Gasteiger partial charge in [0.25, 0.3) is 0 Å². The van der Waals surface area contributed by atoms with Crippen LogP contribution in [-0.2, 0) is 4.74 Å². The Morgan fingerprint density at radius 3 is 2.72 bits per heavy atom. The number of carbonyl (C=O) groups is 1. The summed E-state index contributed by atoms with van der Waals surface area (Å²) in [7, 11) is 3.30. The molecule has 2 atom stereocenters. The van der Waals surface area contributed by atoms with E-state index in [2.05, 4.69) is 5.32 Å². The Bertz CT molecular complexity index is 445. The van der Waals surface area contributed by atoms with Crippen molar-refractivity contribution in [3.05, 3.63) is 29.3 Å². The van der Waals surface area contributed by atoms with Gasteiger partial charge in [-0.3, -0.25) is 4.79 Å². The summed E-state index contributed by atoms with van der Waals surface area (Å²) in [5.41, 5.74) is 1.70. The van der Waals surface area contributed by atoms with E-state index in [1.165, 1.54) is 0 Å². The third kappa shape index (κ3) is 2.54. The SMILES string of the molecule is COc1ccc(C(=O)C2CC(OC)CN2)c(C)c1. The van der Waals surface area contributed by atoms with Crippen LogP contribution in [0.5, 0.6) is 5.75 Å². The van der Waals surface area contributed by atoms with Crippen LogP contribution in [0, 0.1) is 6.92 Å². The molecular formula is C14H19NO3. The number of rotatable bonds is 4. The second-order valence-electron chi connectivity index (χ2n) is 4.60. The Kier molecular flexibility index (Phi) is 3.99. The van der Waals surface area contributed by atoms with Gasteiger partial charge in [-0.1, -0.05) is 0 Å². The average molecular weight is 249 g/mol. The van der Waals surface area contributed by atoms with Crippen LogP contribution in [0.1, 0.15) is 22.3 Å². The molecule has 18 heavy (non-hydrogen) atoms. The summed E-state index contributed by atoms with van der Waals surface area (Å²) < 4.78 is 10.4. The number of hydrogen-bond donors (Lipinski definition) is 1. The van der Waals surface area contributed by atoms with Crippen molar-refractivity contribution in [2.24, 2.45) is 0 Å². The molecule has 0 aromatic heterocycles. The lowest BCUT2D eigenvalue weighted by Crippen LogP contribution is -2.31. The number of ketones is 1. The van der Waals surface area contributed by atoms with Crippen LogP contribution in [-0.4, -0.2) is 38.7 Å². The normalized spacial score (nSPS) is 23.1. The van der Waals surface area contributed by atoms with E-state index in [4.69, 9.17) is 9.47 Å². The van der Waals surface area contributed by atoms with Gasteiger partial charge in [0.2, 0.25) is 0 Å². The standard InChI is InChI=1S/C14H19NO3/c1-9-6-10(17-2)4-5-12(9)14(16)13-7-11(18-3)8-15-13/h4-6,11,13,15H,7-8H2,1-3H3. The Morgan fingerprint density at radius 2 is 2.17 bits per heavy atom. The molecule has 0 aliphatic carbocycles. The van der Waals surface area contributed by atoms with Crippen LogP contribution in [0.15, 0.2) is 18.2 Å². The van der Waals surface area contributed by atoms with E-state index in [1.54, 1.807) is 14.2 Å². The molecule has 1 N–H and O–H groups in total. The van der Waals surface area contributed by atoms with Gasteiger partial charge in [-0.05, 0) is 37.1 Å². The first kappa shape index (κ1) is 13.1. The quantitative estimate of drug-likeness (QED) is 0.823. The van der Waals surface area contributed by atoms with Crippen molar-refractivity contribution in [3.8, 4) is 5.75 Å². The minimum Gasteiger partial charge on any atom is -0.497 e. The highest BCUT2D eigenvalue weighted by atomic mass is 16.5. The predicted octanol–water partition coefficient (Wildman–Crippen LogP) is 1.56. The molecule has 4 nitrogen and oxygen atoms in total. The largest absolute Gasteiger partial charge is 0.497 e. The number of hydrogen-bond acceptors (Lipinski definition) is 4. The highest BCUT2D eigenvalue weighted by molar-refractivity contribution is 6.01. The Hall–Kier alpha value is -1.39. The fourth-order valence-corrected chi connectivity index (χ4v) is 2.31. The predicted molar refractivity (Wildman–Crippen MR) is 69.3 cm³/mol. The molecule has 4 heteroatoms. The maximum Gasteiger partial charge on any atom is 0.180 e. The van der Waals surface area contributed by atoms with Gasteiger partial charge in [0, 0.05) is 19.2 Å². The van der Waals surface area contributed by atoms with Crippen LogP contribution < -0.4 is 10.1 Å². The highest BCUT2D eigenvalue weighted by Gasteiger charge is 2.30. The number of Topliss-reactive ketones (excluding diaryl/α,β-unsaturated/α-hetero) is 1. The van der Waals surface area contributed by atoms with E-state index >= 15 is 0 Å². The highest BCUT2D eigenvalue weighted by Crippen LogP contribution is 2.21. The van der Waals surface area contributed by atoms with Crippen LogP contribution in [0.3, 0.4) is 0 Å². The smallest absolute Gasteiger partial charge is 0.180 e. The zero-order chi connectivity index (χ0) is 13.1. The van der Waals surface area contributed by atoms with Gasteiger partial charge in [0.15, 0.2) is 5.78 Å². The van der Waals surface area contributed by atoms with Crippen LogP contribution in [0.2, 0.25) is 0 Å². The summed E-state index contributed by atoms with van der Waals surface area (Å²) in [4.78, 5) is 12.4. The average Bonchev–Trinajstić information content (AvgIpc) is 2.86. The molecule has 1 saturated heterocycles. The topological polar surface area (TPSA) is 47.6 Å². The van der Waals surface area contributed by atoms with E-state index in [0.29, 0.717) is 0 Å². The van der Waals surface area contributed by atoms with Gasteiger partial charge >= 0.3 is 0 Å².